The van der Waals surface area contributed by atoms with Gasteiger partial charge in [-0.3, -0.25) is 9.59 Å². The summed E-state index contributed by atoms with van der Waals surface area (Å²) in [5, 5.41) is 19.8. The summed E-state index contributed by atoms with van der Waals surface area (Å²) in [5.74, 6) is -0.659. The Labute approximate surface area is 119 Å². The number of carboxylic acid groups (broad SMARTS) is 1. The van der Waals surface area contributed by atoms with Crippen molar-refractivity contribution in [1.29, 1.82) is 0 Å². The molecule has 0 heterocycles. The van der Waals surface area contributed by atoms with Crippen molar-refractivity contribution in [3.8, 4) is 0 Å². The molecule has 0 aromatic heterocycles. The first-order chi connectivity index (χ1) is 9.26. The molecule has 0 aliphatic heterocycles. The molecule has 4 heteroatoms. The Morgan fingerprint density at radius 2 is 2.15 bits per heavy atom. The molecular weight excluding hydrogens is 256 g/mol. The van der Waals surface area contributed by atoms with Crippen molar-refractivity contribution < 1.29 is 19.8 Å². The van der Waals surface area contributed by atoms with Crippen LogP contribution in [0.2, 0.25) is 0 Å². The van der Waals surface area contributed by atoms with Gasteiger partial charge >= 0.3 is 5.97 Å². The molecular formula is C16H24O4. The van der Waals surface area contributed by atoms with Crippen LogP contribution in [0.3, 0.4) is 0 Å². The van der Waals surface area contributed by atoms with Crippen LogP contribution in [0.15, 0.2) is 11.6 Å². The monoisotopic (exact) mass is 280 g/mol. The van der Waals surface area contributed by atoms with Crippen LogP contribution in [0.4, 0.5) is 0 Å². The molecule has 4 nitrogen and oxygen atoms in total. The van der Waals surface area contributed by atoms with E-state index in [9.17, 15) is 19.8 Å². The van der Waals surface area contributed by atoms with Crippen LogP contribution < -0.4 is 0 Å². The maximum Gasteiger partial charge on any atom is 0.303 e. The third-order valence-corrected chi connectivity index (χ3v) is 6.02. The molecule has 112 valence electrons. The summed E-state index contributed by atoms with van der Waals surface area (Å²) < 4.78 is 0. The first kappa shape index (κ1) is 15.2. The number of carboxylic acids is 1. The minimum absolute atomic E-state index is 0.0232. The van der Waals surface area contributed by atoms with Crippen LogP contribution in [-0.4, -0.2) is 28.6 Å². The van der Waals surface area contributed by atoms with Crippen LogP contribution in [-0.2, 0) is 9.59 Å². The molecule has 5 atom stereocenters. The Bertz CT molecular complexity index is 455. The predicted molar refractivity (Wildman–Crippen MR) is 75.1 cm³/mol. The Kier molecular flexibility index (Phi) is 3.80. The van der Waals surface area contributed by atoms with Gasteiger partial charge in [-0.1, -0.05) is 26.8 Å². The van der Waals surface area contributed by atoms with Gasteiger partial charge in [-0.05, 0) is 42.1 Å². The van der Waals surface area contributed by atoms with Crippen molar-refractivity contribution in [2.24, 2.45) is 22.7 Å². The highest BCUT2D eigenvalue weighted by Crippen LogP contribution is 2.61. The number of aliphatic carboxylic acids is 1. The second-order valence-corrected chi connectivity index (χ2v) is 6.92. The van der Waals surface area contributed by atoms with Gasteiger partial charge in [-0.25, -0.2) is 0 Å². The number of aliphatic hydroxyl groups is 1. The zero-order valence-electron chi connectivity index (χ0n) is 12.4. The largest absolute Gasteiger partial charge is 0.481 e. The first-order valence-corrected chi connectivity index (χ1v) is 7.32. The van der Waals surface area contributed by atoms with Gasteiger partial charge in [0.25, 0.3) is 0 Å². The van der Waals surface area contributed by atoms with Crippen LogP contribution in [0.1, 0.15) is 46.5 Å². The van der Waals surface area contributed by atoms with Crippen LogP contribution >= 0.6 is 0 Å². The number of aliphatic hydroxyl groups excluding tert-OH is 1. The number of hydrogen-bond acceptors (Lipinski definition) is 3. The van der Waals surface area contributed by atoms with Gasteiger partial charge in [0.15, 0.2) is 0 Å². The average Bonchev–Trinajstić information content (AvgIpc) is 2.36. The van der Waals surface area contributed by atoms with Gasteiger partial charge in [-0.15, -0.1) is 0 Å². The summed E-state index contributed by atoms with van der Waals surface area (Å²) in [7, 11) is 0. The lowest BCUT2D eigenvalue weighted by atomic mass is 9.46. The van der Waals surface area contributed by atoms with Gasteiger partial charge in [0.2, 0.25) is 0 Å². The van der Waals surface area contributed by atoms with Gasteiger partial charge in [0, 0.05) is 5.41 Å². The number of fused-ring (bicyclic) bond motifs is 1. The van der Waals surface area contributed by atoms with Crippen LogP contribution in [0.5, 0.6) is 0 Å². The van der Waals surface area contributed by atoms with E-state index >= 15 is 0 Å². The molecule has 0 amide bonds. The van der Waals surface area contributed by atoms with E-state index < -0.39 is 17.5 Å². The molecule has 1 saturated carbocycles. The highest BCUT2D eigenvalue weighted by molar-refractivity contribution is 5.76. The van der Waals surface area contributed by atoms with E-state index in [1.54, 1.807) is 0 Å². The molecule has 2 aliphatic rings. The topological polar surface area (TPSA) is 74.6 Å². The van der Waals surface area contributed by atoms with Crippen molar-refractivity contribution in [3.63, 3.8) is 0 Å². The smallest absolute Gasteiger partial charge is 0.303 e. The number of hydrogen-bond donors (Lipinski definition) is 2. The first-order valence-electron chi connectivity index (χ1n) is 7.32. The summed E-state index contributed by atoms with van der Waals surface area (Å²) in [5.41, 5.74) is -0.358. The summed E-state index contributed by atoms with van der Waals surface area (Å²) in [6, 6.07) is 0. The molecule has 0 radical (unpaired) electrons. The number of allylic oxidation sites excluding steroid dienone is 1. The molecule has 20 heavy (non-hydrogen) atoms. The fourth-order valence-electron chi connectivity index (χ4n) is 4.56. The highest BCUT2D eigenvalue weighted by Gasteiger charge is 2.58. The van der Waals surface area contributed by atoms with Gasteiger partial charge in [0.05, 0.1) is 12.5 Å². The lowest BCUT2D eigenvalue weighted by Gasteiger charge is -2.59. The summed E-state index contributed by atoms with van der Waals surface area (Å²) >= 11 is 0. The van der Waals surface area contributed by atoms with E-state index in [1.165, 1.54) is 0 Å². The van der Waals surface area contributed by atoms with Crippen molar-refractivity contribution in [2.75, 3.05) is 0 Å². The molecule has 0 spiro atoms. The third kappa shape index (κ3) is 2.01. The Hall–Kier alpha value is -1.16. The molecule has 0 saturated heterocycles. The molecule has 2 rings (SSSR count). The van der Waals surface area contributed by atoms with E-state index in [4.69, 9.17) is 0 Å². The number of aldehydes is 1. The minimum atomic E-state index is -0.805. The summed E-state index contributed by atoms with van der Waals surface area (Å²) in [6.45, 7) is 5.95. The normalized spacial score (nSPS) is 44.4. The lowest BCUT2D eigenvalue weighted by molar-refractivity contribution is -0.155. The Morgan fingerprint density at radius 1 is 1.50 bits per heavy atom. The van der Waals surface area contributed by atoms with Crippen molar-refractivity contribution >= 4 is 12.3 Å². The van der Waals surface area contributed by atoms with Gasteiger partial charge in [0.1, 0.15) is 6.29 Å². The van der Waals surface area contributed by atoms with Gasteiger partial charge in [-0.2, -0.15) is 0 Å². The predicted octanol–water partition coefficient (Wildman–Crippen LogP) is 2.41. The molecule has 0 bridgehead atoms. The molecule has 2 N–H and O–H groups in total. The molecule has 5 unspecified atom stereocenters. The van der Waals surface area contributed by atoms with Crippen LogP contribution in [0.25, 0.3) is 0 Å². The maximum absolute atomic E-state index is 11.4. The molecule has 2 aliphatic carbocycles. The van der Waals surface area contributed by atoms with E-state index in [0.717, 1.165) is 19.1 Å². The zero-order valence-corrected chi connectivity index (χ0v) is 12.4. The average molecular weight is 280 g/mol. The SMILES string of the molecule is CC1CC(O)C2(C)C(C=O)=CCCC2C1(C)CC(=O)O. The fourth-order valence-corrected chi connectivity index (χ4v) is 4.56. The lowest BCUT2D eigenvalue weighted by Crippen LogP contribution is -2.57. The molecule has 0 aromatic carbocycles. The van der Waals surface area contributed by atoms with E-state index in [1.807, 2.05) is 26.8 Å². The fraction of sp³-hybridized carbons (Fsp3) is 0.750. The Balaban J connectivity index is 2.50. The van der Waals surface area contributed by atoms with Crippen molar-refractivity contribution in [2.45, 2.75) is 52.6 Å². The number of rotatable bonds is 3. The van der Waals surface area contributed by atoms with Gasteiger partial charge < -0.3 is 10.2 Å². The minimum Gasteiger partial charge on any atom is -0.481 e. The van der Waals surface area contributed by atoms with E-state index in [2.05, 4.69) is 0 Å². The highest BCUT2D eigenvalue weighted by atomic mass is 16.4. The standard InChI is InChI=1S/C16H24O4/c1-10-7-13(18)16(3)11(9-17)5-4-6-12(16)15(10,2)8-14(19)20/h5,9-10,12-13,18H,4,6-8H2,1-3H3,(H,19,20). The van der Waals surface area contributed by atoms with Crippen LogP contribution in [0, 0.1) is 22.7 Å². The molecule has 1 fully saturated rings. The van der Waals surface area contributed by atoms with E-state index in [-0.39, 0.29) is 23.7 Å². The van der Waals surface area contributed by atoms with Crippen molar-refractivity contribution in [3.05, 3.63) is 11.6 Å². The van der Waals surface area contributed by atoms with E-state index in [0.29, 0.717) is 12.0 Å². The summed E-state index contributed by atoms with van der Waals surface area (Å²) in [6.07, 6.45) is 4.41. The zero-order chi connectivity index (χ0) is 15.1. The summed E-state index contributed by atoms with van der Waals surface area (Å²) in [4.78, 5) is 22.7. The number of carbonyl (C=O) groups is 2. The maximum atomic E-state index is 11.4. The Morgan fingerprint density at radius 3 is 2.70 bits per heavy atom. The third-order valence-electron chi connectivity index (χ3n) is 6.02. The quantitative estimate of drug-likeness (QED) is 0.778. The second-order valence-electron chi connectivity index (χ2n) is 6.92. The number of carbonyl (C=O) groups excluding carboxylic acids is 1. The molecule has 0 aromatic rings. The van der Waals surface area contributed by atoms with Crippen molar-refractivity contribution in [1.82, 2.24) is 0 Å². The second kappa shape index (κ2) is 4.99.